The quantitative estimate of drug-likeness (QED) is 0.701. The summed E-state index contributed by atoms with van der Waals surface area (Å²) in [5.41, 5.74) is 1.95. The van der Waals surface area contributed by atoms with Gasteiger partial charge < -0.3 is 10.1 Å². The largest absolute Gasteiger partial charge is 0.497 e. The number of nitrogens with one attached hydrogen (secondary N) is 1. The Kier molecular flexibility index (Phi) is 6.81. The summed E-state index contributed by atoms with van der Waals surface area (Å²) in [5.74, 6) is 0.549. The van der Waals surface area contributed by atoms with E-state index in [4.69, 9.17) is 4.74 Å². The highest BCUT2D eigenvalue weighted by Crippen LogP contribution is 2.22. The van der Waals surface area contributed by atoms with Crippen LogP contribution < -0.4 is 10.1 Å². The number of methoxy groups -OCH3 is 1. The Morgan fingerprint density at radius 2 is 1.81 bits per heavy atom. The molecule has 26 heavy (non-hydrogen) atoms. The number of ether oxygens (including phenoxy) is 1. The summed E-state index contributed by atoms with van der Waals surface area (Å²) in [7, 11) is -2.38. The monoisotopic (exact) mass is 370 g/mol. The molecule has 5 nitrogen and oxygen atoms in total. The highest BCUT2D eigenvalue weighted by Gasteiger charge is 2.20. The Hall–Kier alpha value is -2.78. The van der Waals surface area contributed by atoms with Crippen LogP contribution in [0.25, 0.3) is 0 Å². The van der Waals surface area contributed by atoms with Gasteiger partial charge in [0.15, 0.2) is 4.91 Å². The van der Waals surface area contributed by atoms with E-state index in [9.17, 15) is 13.7 Å². The minimum atomic E-state index is -3.88. The summed E-state index contributed by atoms with van der Waals surface area (Å²) in [5, 5.41) is 12.2. The van der Waals surface area contributed by atoms with Crippen LogP contribution in [0.4, 0.5) is 5.69 Å². The van der Waals surface area contributed by atoms with E-state index in [0.717, 1.165) is 24.9 Å². The summed E-state index contributed by atoms with van der Waals surface area (Å²) in [4.78, 5) is -0.305. The number of sulfone groups is 1. The third-order valence-electron chi connectivity index (χ3n) is 3.91. The van der Waals surface area contributed by atoms with Gasteiger partial charge in [-0.2, -0.15) is 5.26 Å². The first-order valence-electron chi connectivity index (χ1n) is 8.36. The first-order chi connectivity index (χ1) is 12.5. The molecule has 0 aliphatic rings. The number of benzene rings is 2. The van der Waals surface area contributed by atoms with E-state index in [-0.39, 0.29) is 9.80 Å². The van der Waals surface area contributed by atoms with Crippen LogP contribution >= 0.6 is 0 Å². The van der Waals surface area contributed by atoms with E-state index < -0.39 is 9.84 Å². The van der Waals surface area contributed by atoms with Crippen LogP contribution in [-0.4, -0.2) is 15.5 Å². The second kappa shape index (κ2) is 9.07. The molecule has 0 aromatic heterocycles. The third-order valence-corrected chi connectivity index (χ3v) is 5.59. The smallest absolute Gasteiger partial charge is 0.218 e. The Morgan fingerprint density at radius 3 is 2.35 bits per heavy atom. The number of hydrogen-bond acceptors (Lipinski definition) is 5. The maximum atomic E-state index is 12.6. The van der Waals surface area contributed by atoms with E-state index in [2.05, 4.69) is 12.2 Å². The number of allylic oxidation sites excluding steroid dienone is 1. The molecular weight excluding hydrogens is 348 g/mol. The summed E-state index contributed by atoms with van der Waals surface area (Å²) in [6.07, 6.45) is 4.51. The molecule has 0 bridgehead atoms. The summed E-state index contributed by atoms with van der Waals surface area (Å²) in [6, 6.07) is 15.4. The lowest BCUT2D eigenvalue weighted by molar-refractivity contribution is 0.414. The maximum absolute atomic E-state index is 12.6. The molecule has 0 aliphatic heterocycles. The molecular formula is C20H22N2O3S. The highest BCUT2D eigenvalue weighted by molar-refractivity contribution is 7.95. The lowest BCUT2D eigenvalue weighted by Gasteiger charge is -2.07. The number of nitriles is 1. The average molecular weight is 370 g/mol. The van der Waals surface area contributed by atoms with Gasteiger partial charge in [-0.25, -0.2) is 8.42 Å². The number of unbranched alkanes of at least 4 members (excludes halogenated alkanes) is 1. The molecule has 0 aliphatic carbocycles. The predicted octanol–water partition coefficient (Wildman–Crippen LogP) is 4.29. The molecule has 0 heterocycles. The molecule has 0 amide bonds. The minimum absolute atomic E-state index is 0.0443. The van der Waals surface area contributed by atoms with Crippen molar-refractivity contribution in [3.8, 4) is 11.8 Å². The number of aryl methyl sites for hydroxylation is 1. The minimum Gasteiger partial charge on any atom is -0.497 e. The van der Waals surface area contributed by atoms with Crippen LogP contribution in [0, 0.1) is 11.3 Å². The van der Waals surface area contributed by atoms with Gasteiger partial charge in [-0.1, -0.05) is 25.5 Å². The molecule has 0 atom stereocenters. The van der Waals surface area contributed by atoms with Crippen LogP contribution in [0.15, 0.2) is 64.5 Å². The third kappa shape index (κ3) is 4.87. The van der Waals surface area contributed by atoms with Crippen LogP contribution in [-0.2, 0) is 16.3 Å². The van der Waals surface area contributed by atoms with Crippen molar-refractivity contribution in [3.05, 3.63) is 65.2 Å². The van der Waals surface area contributed by atoms with Crippen LogP contribution in [0.3, 0.4) is 0 Å². The molecule has 2 aromatic carbocycles. The van der Waals surface area contributed by atoms with Crippen molar-refractivity contribution >= 4 is 15.5 Å². The Labute approximate surface area is 154 Å². The van der Waals surface area contributed by atoms with Gasteiger partial charge in [-0.05, 0) is 54.8 Å². The van der Waals surface area contributed by atoms with Crippen LogP contribution in [0.2, 0.25) is 0 Å². The SMILES string of the molecule is CCCCc1ccc(N/C=C(/C#N)S(=O)(=O)c2ccc(OC)cc2)cc1. The molecule has 2 aromatic rings. The summed E-state index contributed by atoms with van der Waals surface area (Å²) >= 11 is 0. The van der Waals surface area contributed by atoms with Gasteiger partial charge >= 0.3 is 0 Å². The van der Waals surface area contributed by atoms with Crippen LogP contribution in [0.1, 0.15) is 25.3 Å². The van der Waals surface area contributed by atoms with Crippen molar-refractivity contribution in [2.45, 2.75) is 31.1 Å². The van der Waals surface area contributed by atoms with Gasteiger partial charge in [0.25, 0.3) is 0 Å². The van der Waals surface area contributed by atoms with Gasteiger partial charge in [0, 0.05) is 11.9 Å². The van der Waals surface area contributed by atoms with Gasteiger partial charge in [0.1, 0.15) is 11.8 Å². The fraction of sp³-hybridized carbons (Fsp3) is 0.250. The first-order valence-corrected chi connectivity index (χ1v) is 9.84. The van der Waals surface area contributed by atoms with Crippen molar-refractivity contribution in [1.82, 2.24) is 0 Å². The average Bonchev–Trinajstić information content (AvgIpc) is 2.67. The fourth-order valence-electron chi connectivity index (χ4n) is 2.35. The lowest BCUT2D eigenvalue weighted by Crippen LogP contribution is -2.05. The molecule has 0 saturated heterocycles. The standard InChI is InChI=1S/C20H22N2O3S/c1-3-4-5-16-6-8-17(9-7-16)22-15-20(14-21)26(23,24)19-12-10-18(25-2)11-13-19/h6-13,15,22H,3-5H2,1-2H3/b20-15-. The molecule has 0 radical (unpaired) electrons. The molecule has 6 heteroatoms. The summed E-state index contributed by atoms with van der Waals surface area (Å²) < 4.78 is 30.2. The number of anilines is 1. The van der Waals surface area contributed by atoms with Crippen molar-refractivity contribution in [2.75, 3.05) is 12.4 Å². The van der Waals surface area contributed by atoms with Gasteiger partial charge in [0.05, 0.1) is 12.0 Å². The van der Waals surface area contributed by atoms with E-state index in [0.29, 0.717) is 5.75 Å². The van der Waals surface area contributed by atoms with Crippen molar-refractivity contribution < 1.29 is 13.2 Å². The molecule has 0 spiro atoms. The maximum Gasteiger partial charge on any atom is 0.218 e. The predicted molar refractivity (Wildman–Crippen MR) is 103 cm³/mol. The fourth-order valence-corrected chi connectivity index (χ4v) is 3.43. The second-order valence-corrected chi connectivity index (χ2v) is 7.66. The van der Waals surface area contributed by atoms with E-state index in [1.54, 1.807) is 18.2 Å². The van der Waals surface area contributed by atoms with Gasteiger partial charge in [0.2, 0.25) is 9.84 Å². The highest BCUT2D eigenvalue weighted by atomic mass is 32.2. The van der Waals surface area contributed by atoms with E-state index >= 15 is 0 Å². The van der Waals surface area contributed by atoms with Crippen molar-refractivity contribution in [3.63, 3.8) is 0 Å². The van der Waals surface area contributed by atoms with Crippen LogP contribution in [0.5, 0.6) is 5.75 Å². The van der Waals surface area contributed by atoms with Crippen molar-refractivity contribution in [2.24, 2.45) is 0 Å². The van der Waals surface area contributed by atoms with E-state index in [1.165, 1.54) is 31.0 Å². The topological polar surface area (TPSA) is 79.2 Å². The molecule has 0 saturated carbocycles. The lowest BCUT2D eigenvalue weighted by atomic mass is 10.1. The molecule has 2 rings (SSSR count). The first kappa shape index (κ1) is 19.5. The molecule has 136 valence electrons. The molecule has 1 N–H and O–H groups in total. The zero-order valence-electron chi connectivity index (χ0n) is 14.9. The number of hydrogen-bond donors (Lipinski definition) is 1. The number of nitrogens with zero attached hydrogens (tertiary/aromatic N) is 1. The molecule has 0 fully saturated rings. The zero-order chi connectivity index (χ0) is 19.0. The zero-order valence-corrected chi connectivity index (χ0v) is 15.7. The number of rotatable bonds is 8. The summed E-state index contributed by atoms with van der Waals surface area (Å²) in [6.45, 7) is 2.15. The second-order valence-electron chi connectivity index (χ2n) is 5.74. The van der Waals surface area contributed by atoms with Crippen molar-refractivity contribution in [1.29, 1.82) is 5.26 Å². The molecule has 0 unspecified atom stereocenters. The van der Waals surface area contributed by atoms with E-state index in [1.807, 2.05) is 24.3 Å². The normalized spacial score (nSPS) is 11.7. The van der Waals surface area contributed by atoms with Gasteiger partial charge in [-0.3, -0.25) is 0 Å². The Morgan fingerprint density at radius 1 is 1.15 bits per heavy atom. The Balaban J connectivity index is 2.17. The van der Waals surface area contributed by atoms with Gasteiger partial charge in [-0.15, -0.1) is 0 Å². The Bertz CT molecular complexity index is 894.